The highest BCUT2D eigenvalue weighted by atomic mass is 31.1. The molecule has 0 atom stereocenters. The third-order valence-corrected chi connectivity index (χ3v) is 9.50. The van der Waals surface area contributed by atoms with Gasteiger partial charge in [-0.1, -0.05) is 136 Å². The molecule has 0 aliphatic carbocycles. The molecule has 0 saturated heterocycles. The minimum atomic E-state index is 0.169. The fourth-order valence-corrected chi connectivity index (χ4v) is 6.56. The van der Waals surface area contributed by atoms with Gasteiger partial charge >= 0.3 is 0 Å². The van der Waals surface area contributed by atoms with Crippen LogP contribution in [0.25, 0.3) is 0 Å². The molecule has 170 valence electrons. The topological polar surface area (TPSA) is 0 Å². The Bertz CT molecular complexity index is 256. The van der Waals surface area contributed by atoms with Gasteiger partial charge in [-0.05, 0) is 37.7 Å². The van der Waals surface area contributed by atoms with Crippen LogP contribution in [0.15, 0.2) is 0 Å². The highest BCUT2D eigenvalue weighted by molar-refractivity contribution is 7.57. The summed E-state index contributed by atoms with van der Waals surface area (Å²) in [5, 5.41) is 0.704. The Morgan fingerprint density at radius 1 is 0.393 bits per heavy atom. The Kier molecular flexibility index (Phi) is 21.0. The Morgan fingerprint density at radius 2 is 0.643 bits per heavy atom. The second-order valence-corrected chi connectivity index (χ2v) is 12.4. The van der Waals surface area contributed by atoms with Crippen LogP contribution in [-0.4, -0.2) is 18.5 Å². The lowest BCUT2D eigenvalue weighted by atomic mass is 9.88. The molecule has 0 aromatic rings. The van der Waals surface area contributed by atoms with Crippen molar-refractivity contribution in [1.29, 1.82) is 0 Å². The molecule has 0 unspecified atom stereocenters. The van der Waals surface area contributed by atoms with Gasteiger partial charge in [0.2, 0.25) is 0 Å². The molecule has 0 rings (SSSR count). The number of hydrogen-bond donors (Lipinski definition) is 0. The molecule has 0 aromatic carbocycles. The van der Waals surface area contributed by atoms with Gasteiger partial charge < -0.3 is 0 Å². The van der Waals surface area contributed by atoms with Crippen molar-refractivity contribution < 1.29 is 0 Å². The van der Waals surface area contributed by atoms with E-state index >= 15 is 0 Å². The van der Waals surface area contributed by atoms with Crippen LogP contribution >= 0.6 is 7.92 Å². The largest absolute Gasteiger partial charge is 0.107 e. The van der Waals surface area contributed by atoms with Crippen LogP contribution in [0.2, 0.25) is 0 Å². The quantitative estimate of drug-likeness (QED) is 0.122. The molecule has 0 amide bonds. The van der Waals surface area contributed by atoms with Crippen LogP contribution in [0.4, 0.5) is 0 Å². The van der Waals surface area contributed by atoms with Gasteiger partial charge in [0.05, 0.1) is 0 Å². The van der Waals surface area contributed by atoms with Crippen molar-refractivity contribution in [2.24, 2.45) is 0 Å². The summed E-state index contributed by atoms with van der Waals surface area (Å²) in [7, 11) is 0.169. The summed E-state index contributed by atoms with van der Waals surface area (Å²) in [6, 6.07) is 0. The van der Waals surface area contributed by atoms with E-state index in [0.29, 0.717) is 5.16 Å². The fourth-order valence-electron chi connectivity index (χ4n) is 4.75. The van der Waals surface area contributed by atoms with E-state index in [1.54, 1.807) is 0 Å². The van der Waals surface area contributed by atoms with E-state index in [1.165, 1.54) is 135 Å². The zero-order valence-corrected chi connectivity index (χ0v) is 21.7. The van der Waals surface area contributed by atoms with Gasteiger partial charge in [-0.25, -0.2) is 0 Å². The average molecular weight is 413 g/mol. The Labute approximate surface area is 182 Å². The molecule has 1 heteroatoms. The molecule has 0 aliphatic rings. The SMILES string of the molecule is CCCCCCCCC(CCCCCCCC)(CCCCCCCC)P(C)C. The second-order valence-electron chi connectivity index (χ2n) is 9.67. The Balaban J connectivity index is 4.45. The lowest BCUT2D eigenvalue weighted by Gasteiger charge is -2.39. The van der Waals surface area contributed by atoms with Gasteiger partial charge in [0.1, 0.15) is 0 Å². The fraction of sp³-hybridized carbons (Fsp3) is 1.00. The van der Waals surface area contributed by atoms with Crippen molar-refractivity contribution in [1.82, 2.24) is 0 Å². The normalized spacial score (nSPS) is 12.2. The maximum Gasteiger partial charge on any atom is -0.00993 e. The first-order chi connectivity index (χ1) is 13.6. The van der Waals surface area contributed by atoms with Gasteiger partial charge in [-0.15, -0.1) is 7.92 Å². The molecule has 0 spiro atoms. The maximum absolute atomic E-state index is 2.60. The maximum atomic E-state index is 2.60. The number of hydrogen-bond acceptors (Lipinski definition) is 0. The van der Waals surface area contributed by atoms with E-state index in [2.05, 4.69) is 34.1 Å². The van der Waals surface area contributed by atoms with Crippen molar-refractivity contribution in [3.05, 3.63) is 0 Å². The molecule has 0 aliphatic heterocycles. The first kappa shape index (κ1) is 28.4. The highest BCUT2D eigenvalue weighted by Crippen LogP contribution is 2.53. The summed E-state index contributed by atoms with van der Waals surface area (Å²) in [5.74, 6) is 0. The van der Waals surface area contributed by atoms with Gasteiger partial charge in [-0.2, -0.15) is 0 Å². The van der Waals surface area contributed by atoms with Crippen LogP contribution in [-0.2, 0) is 0 Å². The van der Waals surface area contributed by atoms with Gasteiger partial charge in [0.15, 0.2) is 0 Å². The number of unbranched alkanes of at least 4 members (excludes halogenated alkanes) is 15. The third-order valence-electron chi connectivity index (χ3n) is 6.94. The van der Waals surface area contributed by atoms with E-state index < -0.39 is 0 Å². The standard InChI is InChI=1S/C27H57P/c1-6-9-12-15-18-21-24-27(28(4)5,25-22-19-16-13-10-7-2)26-23-20-17-14-11-8-3/h6-26H2,1-5H3. The van der Waals surface area contributed by atoms with Crippen molar-refractivity contribution in [2.75, 3.05) is 13.3 Å². The molecule has 0 aromatic heterocycles. The molecule has 28 heavy (non-hydrogen) atoms. The lowest BCUT2D eigenvalue weighted by Crippen LogP contribution is -2.26. The van der Waals surface area contributed by atoms with Crippen molar-refractivity contribution in [2.45, 2.75) is 161 Å². The molecular weight excluding hydrogens is 355 g/mol. The summed E-state index contributed by atoms with van der Waals surface area (Å²) >= 11 is 0. The van der Waals surface area contributed by atoms with Gasteiger partial charge in [0, 0.05) is 0 Å². The van der Waals surface area contributed by atoms with Crippen LogP contribution < -0.4 is 0 Å². The molecule has 0 fully saturated rings. The third kappa shape index (κ3) is 15.3. The van der Waals surface area contributed by atoms with Crippen LogP contribution in [0.5, 0.6) is 0 Å². The molecule has 0 radical (unpaired) electrons. The van der Waals surface area contributed by atoms with Crippen LogP contribution in [0.3, 0.4) is 0 Å². The Hall–Kier alpha value is 0.430. The average Bonchev–Trinajstić information content (AvgIpc) is 2.69. The van der Waals surface area contributed by atoms with Crippen molar-refractivity contribution in [3.63, 3.8) is 0 Å². The zero-order chi connectivity index (χ0) is 20.9. The zero-order valence-electron chi connectivity index (χ0n) is 20.8. The molecule has 0 bridgehead atoms. The van der Waals surface area contributed by atoms with E-state index in [1.807, 2.05) is 0 Å². The Morgan fingerprint density at radius 3 is 0.893 bits per heavy atom. The predicted molar refractivity (Wildman–Crippen MR) is 135 cm³/mol. The van der Waals surface area contributed by atoms with E-state index in [4.69, 9.17) is 0 Å². The predicted octanol–water partition coefficient (Wildman–Crippen LogP) is 10.7. The van der Waals surface area contributed by atoms with Gasteiger partial charge in [0.25, 0.3) is 0 Å². The van der Waals surface area contributed by atoms with Crippen LogP contribution in [0, 0.1) is 0 Å². The summed E-state index contributed by atoms with van der Waals surface area (Å²) in [6.45, 7) is 12.2. The molecule has 0 N–H and O–H groups in total. The summed E-state index contributed by atoms with van der Waals surface area (Å²) < 4.78 is 0. The van der Waals surface area contributed by atoms with E-state index in [9.17, 15) is 0 Å². The lowest BCUT2D eigenvalue weighted by molar-refractivity contribution is 0.397. The van der Waals surface area contributed by atoms with E-state index in [0.717, 1.165) is 0 Å². The molecule has 0 heterocycles. The summed E-state index contributed by atoms with van der Waals surface area (Å²) in [5.41, 5.74) is 0. The van der Waals surface area contributed by atoms with E-state index in [-0.39, 0.29) is 7.92 Å². The molecular formula is C27H57P. The minimum absolute atomic E-state index is 0.169. The molecule has 0 saturated carbocycles. The summed E-state index contributed by atoms with van der Waals surface area (Å²) in [4.78, 5) is 0. The van der Waals surface area contributed by atoms with Crippen molar-refractivity contribution in [3.8, 4) is 0 Å². The summed E-state index contributed by atoms with van der Waals surface area (Å²) in [6.07, 6.45) is 30.8. The first-order valence-electron chi connectivity index (χ1n) is 13.3. The molecule has 0 nitrogen and oxygen atoms in total. The first-order valence-corrected chi connectivity index (χ1v) is 15.5. The minimum Gasteiger partial charge on any atom is -0.107 e. The number of rotatable bonds is 22. The smallest absolute Gasteiger partial charge is 0.00993 e. The monoisotopic (exact) mass is 412 g/mol. The van der Waals surface area contributed by atoms with Gasteiger partial charge in [-0.3, -0.25) is 0 Å². The van der Waals surface area contributed by atoms with Crippen molar-refractivity contribution >= 4 is 7.92 Å². The second kappa shape index (κ2) is 20.7. The van der Waals surface area contributed by atoms with Crippen LogP contribution in [0.1, 0.15) is 156 Å². The highest BCUT2D eigenvalue weighted by Gasteiger charge is 2.31.